The molecule has 0 radical (unpaired) electrons. The van der Waals surface area contributed by atoms with Crippen LogP contribution in [0.2, 0.25) is 0 Å². The smallest absolute Gasteiger partial charge is 0.0677 e. The zero-order valence-corrected chi connectivity index (χ0v) is 8.67. The van der Waals surface area contributed by atoms with E-state index in [2.05, 4.69) is 24.1 Å². The van der Waals surface area contributed by atoms with Gasteiger partial charge < -0.3 is 15.3 Å². The zero-order chi connectivity index (χ0) is 9.56. The lowest BCUT2D eigenvalue weighted by atomic mass is 10.1. The molecule has 0 aliphatic rings. The first-order chi connectivity index (χ1) is 5.65. The van der Waals surface area contributed by atoms with Crippen molar-refractivity contribution in [2.45, 2.75) is 32.9 Å². The molecule has 0 aromatic heterocycles. The van der Waals surface area contributed by atoms with Crippen molar-refractivity contribution in [2.24, 2.45) is 0 Å². The molecular weight excluding hydrogens is 152 g/mol. The van der Waals surface area contributed by atoms with Gasteiger partial charge in [0.1, 0.15) is 0 Å². The lowest BCUT2D eigenvalue weighted by molar-refractivity contribution is 0.122. The summed E-state index contributed by atoms with van der Waals surface area (Å²) in [6.07, 6.45) is -0.282. The quantitative estimate of drug-likeness (QED) is 0.608. The standard InChI is InChI=1S/C9H22N2O/c1-5-11(6-2)7-9(10-4)8(3)12/h8-10,12H,5-7H2,1-4H3. The van der Waals surface area contributed by atoms with Crippen molar-refractivity contribution in [3.63, 3.8) is 0 Å². The van der Waals surface area contributed by atoms with Crippen molar-refractivity contribution < 1.29 is 5.11 Å². The molecule has 0 saturated heterocycles. The molecular formula is C9H22N2O. The molecule has 3 heteroatoms. The summed E-state index contributed by atoms with van der Waals surface area (Å²) in [5.74, 6) is 0. The van der Waals surface area contributed by atoms with E-state index >= 15 is 0 Å². The fraction of sp³-hybridized carbons (Fsp3) is 1.00. The van der Waals surface area contributed by atoms with E-state index in [1.54, 1.807) is 0 Å². The minimum absolute atomic E-state index is 0.185. The van der Waals surface area contributed by atoms with Crippen LogP contribution >= 0.6 is 0 Å². The molecule has 3 nitrogen and oxygen atoms in total. The minimum atomic E-state index is -0.282. The third kappa shape index (κ3) is 4.04. The Balaban J connectivity index is 3.82. The predicted octanol–water partition coefficient (Wildman–Crippen LogP) is 0.297. The van der Waals surface area contributed by atoms with Gasteiger partial charge in [0, 0.05) is 12.6 Å². The van der Waals surface area contributed by atoms with E-state index in [0.29, 0.717) is 0 Å². The van der Waals surface area contributed by atoms with E-state index in [9.17, 15) is 5.11 Å². The molecule has 74 valence electrons. The third-order valence-electron chi connectivity index (χ3n) is 2.30. The van der Waals surface area contributed by atoms with Crippen molar-refractivity contribution in [1.29, 1.82) is 0 Å². The molecule has 0 aliphatic carbocycles. The normalized spacial score (nSPS) is 16.5. The Hall–Kier alpha value is -0.120. The number of aliphatic hydroxyl groups is 1. The highest BCUT2D eigenvalue weighted by atomic mass is 16.3. The van der Waals surface area contributed by atoms with Gasteiger partial charge >= 0.3 is 0 Å². The van der Waals surface area contributed by atoms with Gasteiger partial charge in [-0.05, 0) is 27.1 Å². The largest absolute Gasteiger partial charge is 0.392 e. The van der Waals surface area contributed by atoms with Crippen molar-refractivity contribution >= 4 is 0 Å². The van der Waals surface area contributed by atoms with Crippen LogP contribution in [-0.4, -0.2) is 48.8 Å². The van der Waals surface area contributed by atoms with Crippen LogP contribution in [0.4, 0.5) is 0 Å². The Bertz CT molecular complexity index is 103. The minimum Gasteiger partial charge on any atom is -0.392 e. The van der Waals surface area contributed by atoms with Gasteiger partial charge in [0.05, 0.1) is 6.10 Å². The monoisotopic (exact) mass is 174 g/mol. The van der Waals surface area contributed by atoms with E-state index in [-0.39, 0.29) is 12.1 Å². The summed E-state index contributed by atoms with van der Waals surface area (Å²) in [5, 5.41) is 12.5. The first-order valence-corrected chi connectivity index (χ1v) is 4.73. The number of likely N-dealkylation sites (N-methyl/N-ethyl adjacent to an activating group) is 2. The van der Waals surface area contributed by atoms with Gasteiger partial charge in [-0.3, -0.25) is 0 Å². The molecule has 2 atom stereocenters. The lowest BCUT2D eigenvalue weighted by Gasteiger charge is -2.26. The highest BCUT2D eigenvalue weighted by Crippen LogP contribution is 1.96. The van der Waals surface area contributed by atoms with Crippen molar-refractivity contribution in [3.8, 4) is 0 Å². The molecule has 0 rings (SSSR count). The topological polar surface area (TPSA) is 35.5 Å². The number of aliphatic hydroxyl groups excluding tert-OH is 1. The van der Waals surface area contributed by atoms with Gasteiger partial charge in [-0.25, -0.2) is 0 Å². The Morgan fingerprint density at radius 1 is 1.33 bits per heavy atom. The molecule has 0 aromatic carbocycles. The average molecular weight is 174 g/mol. The van der Waals surface area contributed by atoms with Crippen molar-refractivity contribution in [1.82, 2.24) is 10.2 Å². The average Bonchev–Trinajstić information content (AvgIpc) is 2.06. The van der Waals surface area contributed by atoms with E-state index in [1.807, 2.05) is 14.0 Å². The zero-order valence-electron chi connectivity index (χ0n) is 8.67. The first-order valence-electron chi connectivity index (χ1n) is 4.73. The molecule has 0 saturated carbocycles. The highest BCUT2D eigenvalue weighted by Gasteiger charge is 2.14. The number of hydrogen-bond acceptors (Lipinski definition) is 3. The first kappa shape index (κ1) is 11.9. The van der Waals surface area contributed by atoms with Crippen molar-refractivity contribution in [3.05, 3.63) is 0 Å². The maximum Gasteiger partial charge on any atom is 0.0677 e. The van der Waals surface area contributed by atoms with Crippen LogP contribution in [-0.2, 0) is 0 Å². The molecule has 0 heterocycles. The van der Waals surface area contributed by atoms with Gasteiger partial charge in [-0.2, -0.15) is 0 Å². The summed E-state index contributed by atoms with van der Waals surface area (Å²) in [7, 11) is 1.89. The number of hydrogen-bond donors (Lipinski definition) is 2. The molecule has 0 fully saturated rings. The highest BCUT2D eigenvalue weighted by molar-refractivity contribution is 4.74. The second-order valence-corrected chi connectivity index (χ2v) is 3.12. The summed E-state index contributed by atoms with van der Waals surface area (Å²) >= 11 is 0. The Morgan fingerprint density at radius 3 is 2.08 bits per heavy atom. The summed E-state index contributed by atoms with van der Waals surface area (Å²) in [6, 6.07) is 0.185. The Kier molecular flexibility index (Phi) is 6.34. The Morgan fingerprint density at radius 2 is 1.83 bits per heavy atom. The summed E-state index contributed by atoms with van der Waals surface area (Å²) in [4.78, 5) is 2.30. The van der Waals surface area contributed by atoms with Crippen LogP contribution in [0, 0.1) is 0 Å². The van der Waals surface area contributed by atoms with E-state index in [0.717, 1.165) is 19.6 Å². The van der Waals surface area contributed by atoms with Crippen LogP contribution in [0.5, 0.6) is 0 Å². The second kappa shape index (κ2) is 6.40. The van der Waals surface area contributed by atoms with E-state index < -0.39 is 0 Å². The van der Waals surface area contributed by atoms with E-state index in [1.165, 1.54) is 0 Å². The fourth-order valence-electron chi connectivity index (χ4n) is 1.25. The van der Waals surface area contributed by atoms with Crippen molar-refractivity contribution in [2.75, 3.05) is 26.7 Å². The summed E-state index contributed by atoms with van der Waals surface area (Å²) < 4.78 is 0. The molecule has 0 amide bonds. The number of nitrogens with zero attached hydrogens (tertiary/aromatic N) is 1. The molecule has 0 bridgehead atoms. The third-order valence-corrected chi connectivity index (χ3v) is 2.30. The summed E-state index contributed by atoms with van der Waals surface area (Å²) in [6.45, 7) is 9.10. The Labute approximate surface area is 75.8 Å². The van der Waals surface area contributed by atoms with Crippen LogP contribution in [0.15, 0.2) is 0 Å². The fourth-order valence-corrected chi connectivity index (χ4v) is 1.25. The second-order valence-electron chi connectivity index (χ2n) is 3.12. The SMILES string of the molecule is CCN(CC)CC(NC)C(C)O. The van der Waals surface area contributed by atoms with Gasteiger partial charge in [0.2, 0.25) is 0 Å². The van der Waals surface area contributed by atoms with Gasteiger partial charge in [0.25, 0.3) is 0 Å². The molecule has 0 aliphatic heterocycles. The number of nitrogens with one attached hydrogen (secondary N) is 1. The van der Waals surface area contributed by atoms with Gasteiger partial charge in [-0.1, -0.05) is 13.8 Å². The van der Waals surface area contributed by atoms with Crippen LogP contribution in [0.25, 0.3) is 0 Å². The van der Waals surface area contributed by atoms with Crippen LogP contribution in [0.3, 0.4) is 0 Å². The summed E-state index contributed by atoms with van der Waals surface area (Å²) in [5.41, 5.74) is 0. The maximum absolute atomic E-state index is 9.36. The lowest BCUT2D eigenvalue weighted by Crippen LogP contribution is -2.45. The predicted molar refractivity (Wildman–Crippen MR) is 52.3 cm³/mol. The molecule has 0 aromatic rings. The maximum atomic E-state index is 9.36. The van der Waals surface area contributed by atoms with Gasteiger partial charge in [-0.15, -0.1) is 0 Å². The van der Waals surface area contributed by atoms with E-state index in [4.69, 9.17) is 0 Å². The van der Waals surface area contributed by atoms with Gasteiger partial charge in [0.15, 0.2) is 0 Å². The number of rotatable bonds is 6. The molecule has 12 heavy (non-hydrogen) atoms. The molecule has 2 N–H and O–H groups in total. The van der Waals surface area contributed by atoms with Crippen LogP contribution < -0.4 is 5.32 Å². The molecule has 2 unspecified atom stereocenters. The molecule has 0 spiro atoms. The van der Waals surface area contributed by atoms with Crippen LogP contribution in [0.1, 0.15) is 20.8 Å².